The van der Waals surface area contributed by atoms with E-state index in [1.54, 1.807) is 24.3 Å². The number of halogens is 3. The Bertz CT molecular complexity index is 1220. The Balaban J connectivity index is 1.87. The van der Waals surface area contributed by atoms with E-state index in [1.807, 2.05) is 0 Å². The molecule has 1 unspecified atom stereocenters. The molecule has 10 heteroatoms. The van der Waals surface area contributed by atoms with Gasteiger partial charge < -0.3 is 10.4 Å². The minimum absolute atomic E-state index is 0.0912. The van der Waals surface area contributed by atoms with Gasteiger partial charge in [0.1, 0.15) is 16.5 Å². The number of nitrogens with one attached hydrogen (secondary N) is 2. The molecule has 0 saturated carbocycles. The van der Waals surface area contributed by atoms with Gasteiger partial charge in [-0.05, 0) is 29.8 Å². The maximum atomic E-state index is 14.7. The number of amides is 1. The van der Waals surface area contributed by atoms with E-state index in [0.717, 1.165) is 4.90 Å². The number of anilines is 1. The van der Waals surface area contributed by atoms with Crippen LogP contribution in [0.1, 0.15) is 10.4 Å². The molecule has 1 atom stereocenters. The second-order valence-corrected chi connectivity index (χ2v) is 9.31. The predicted molar refractivity (Wildman–Crippen MR) is 118 cm³/mol. The molecule has 0 aliphatic carbocycles. The molecule has 5 nitrogen and oxygen atoms in total. The fraction of sp³-hybridized carbons (Fsp3) is 0.0952. The fourth-order valence-electron chi connectivity index (χ4n) is 3.08. The van der Waals surface area contributed by atoms with Crippen molar-refractivity contribution in [3.8, 4) is 16.9 Å². The lowest BCUT2D eigenvalue weighted by atomic mass is 10.0. The van der Waals surface area contributed by atoms with E-state index in [9.17, 15) is 22.9 Å². The fourth-order valence-corrected chi connectivity index (χ4v) is 5.27. The number of rotatable bonds is 0. The van der Waals surface area contributed by atoms with Gasteiger partial charge in [0.05, 0.1) is 10.7 Å². The number of hydrogen-bond acceptors (Lipinski definition) is 4. The summed E-state index contributed by atoms with van der Waals surface area (Å²) in [7, 11) is -2.19. The molecule has 0 saturated heterocycles. The highest BCUT2D eigenvalue weighted by atomic mass is 35.5. The first kappa shape index (κ1) is 21.6. The largest absolute Gasteiger partial charge is 0.505 e. The Hall–Kier alpha value is -2.62. The van der Waals surface area contributed by atoms with Crippen molar-refractivity contribution in [2.45, 2.75) is 9.79 Å². The minimum Gasteiger partial charge on any atom is -0.505 e. The Labute approximate surface area is 188 Å². The van der Waals surface area contributed by atoms with Crippen LogP contribution >= 0.6 is 23.4 Å². The predicted octanol–water partition coefficient (Wildman–Crippen LogP) is 4.96. The third-order valence-electron chi connectivity index (χ3n) is 4.57. The van der Waals surface area contributed by atoms with Crippen LogP contribution in [0.25, 0.3) is 11.1 Å². The molecule has 160 valence electrons. The van der Waals surface area contributed by atoms with Crippen LogP contribution in [0.3, 0.4) is 0 Å². The van der Waals surface area contributed by atoms with Gasteiger partial charge in [0, 0.05) is 34.4 Å². The molecule has 3 N–H and O–H groups in total. The van der Waals surface area contributed by atoms with Gasteiger partial charge in [0.2, 0.25) is 0 Å². The van der Waals surface area contributed by atoms with Crippen LogP contribution in [0.15, 0.2) is 58.3 Å². The first-order chi connectivity index (χ1) is 14.8. The third kappa shape index (κ3) is 4.39. The SMILES string of the molecule is O=C1NCCSc2ccccc2-c2cc(c(F)cc2F)NS(=O)c2cc1cc(Cl)c2O. The number of aromatic hydroxyl groups is 1. The van der Waals surface area contributed by atoms with Gasteiger partial charge >= 0.3 is 0 Å². The zero-order valence-electron chi connectivity index (χ0n) is 15.7. The highest BCUT2D eigenvalue weighted by Crippen LogP contribution is 2.37. The van der Waals surface area contributed by atoms with Crippen LogP contribution in [-0.4, -0.2) is 27.5 Å². The number of fused-ring (bicyclic) bond motifs is 6. The first-order valence-electron chi connectivity index (χ1n) is 9.05. The lowest BCUT2D eigenvalue weighted by molar-refractivity contribution is 0.0956. The summed E-state index contributed by atoms with van der Waals surface area (Å²) in [5, 5.41) is 12.8. The van der Waals surface area contributed by atoms with Crippen LogP contribution in [-0.2, 0) is 11.0 Å². The summed E-state index contributed by atoms with van der Waals surface area (Å²) in [6.45, 7) is 0.296. The zero-order chi connectivity index (χ0) is 22.1. The van der Waals surface area contributed by atoms with Crippen molar-refractivity contribution in [3.63, 3.8) is 0 Å². The van der Waals surface area contributed by atoms with E-state index in [1.165, 1.54) is 30.0 Å². The maximum Gasteiger partial charge on any atom is 0.251 e. The van der Waals surface area contributed by atoms with Gasteiger partial charge in [-0.2, -0.15) is 0 Å². The average Bonchev–Trinajstić information content (AvgIpc) is 2.74. The Morgan fingerprint density at radius 3 is 2.65 bits per heavy atom. The van der Waals surface area contributed by atoms with Crippen LogP contribution in [0.5, 0.6) is 5.75 Å². The Kier molecular flexibility index (Phi) is 6.17. The Morgan fingerprint density at radius 1 is 1.06 bits per heavy atom. The summed E-state index contributed by atoms with van der Waals surface area (Å²) in [6.07, 6.45) is 0. The topological polar surface area (TPSA) is 78.4 Å². The molecule has 4 bridgehead atoms. The van der Waals surface area contributed by atoms with E-state index in [0.29, 0.717) is 23.9 Å². The summed E-state index contributed by atoms with van der Waals surface area (Å²) >= 11 is 7.40. The van der Waals surface area contributed by atoms with E-state index in [4.69, 9.17) is 11.6 Å². The van der Waals surface area contributed by atoms with E-state index < -0.39 is 34.3 Å². The molecule has 1 heterocycles. The third-order valence-corrected chi connectivity index (χ3v) is 7.05. The minimum atomic E-state index is -2.19. The summed E-state index contributed by atoms with van der Waals surface area (Å²) in [4.78, 5) is 13.0. The average molecular weight is 481 g/mol. The lowest BCUT2D eigenvalue weighted by Gasteiger charge is -2.14. The summed E-state index contributed by atoms with van der Waals surface area (Å²) in [6, 6.07) is 11.4. The van der Waals surface area contributed by atoms with Crippen molar-refractivity contribution in [1.82, 2.24) is 5.32 Å². The van der Waals surface area contributed by atoms with Gasteiger partial charge in [-0.1, -0.05) is 29.8 Å². The second-order valence-electron chi connectivity index (χ2n) is 6.59. The van der Waals surface area contributed by atoms with Crippen molar-refractivity contribution in [2.75, 3.05) is 17.0 Å². The molecule has 0 spiro atoms. The highest BCUT2D eigenvalue weighted by Gasteiger charge is 2.21. The van der Waals surface area contributed by atoms with Gasteiger partial charge in [-0.15, -0.1) is 11.8 Å². The van der Waals surface area contributed by atoms with Crippen LogP contribution in [0, 0.1) is 11.6 Å². The molecule has 31 heavy (non-hydrogen) atoms. The zero-order valence-corrected chi connectivity index (χ0v) is 18.1. The van der Waals surface area contributed by atoms with Crippen LogP contribution in [0.2, 0.25) is 5.02 Å². The molecule has 0 aromatic heterocycles. The molecular formula is C21H15ClF2N2O3S2. The molecule has 1 amide bonds. The van der Waals surface area contributed by atoms with Gasteiger partial charge in [-0.3, -0.25) is 9.52 Å². The first-order valence-corrected chi connectivity index (χ1v) is 11.6. The van der Waals surface area contributed by atoms with Crippen LogP contribution < -0.4 is 10.0 Å². The normalized spacial score (nSPS) is 16.4. The number of phenolic OH excluding ortho intramolecular Hbond substituents is 1. The van der Waals surface area contributed by atoms with Crippen molar-refractivity contribution in [3.05, 3.63) is 70.8 Å². The van der Waals surface area contributed by atoms with E-state index in [-0.39, 0.29) is 26.7 Å². The molecule has 3 aromatic rings. The number of carbonyl (C=O) groups is 1. The molecule has 3 aromatic carbocycles. The van der Waals surface area contributed by atoms with Crippen molar-refractivity contribution < 1.29 is 22.9 Å². The van der Waals surface area contributed by atoms with Crippen molar-refractivity contribution in [2.24, 2.45) is 0 Å². The second kappa shape index (κ2) is 8.86. The van der Waals surface area contributed by atoms with Crippen molar-refractivity contribution >= 4 is 45.9 Å². The standard InChI is InChI=1S/C21H15ClF2N2O3S2/c22-14-7-11-8-19(20(14)27)31(29)26-17-9-13(15(23)10-16(17)24)12-3-1-2-4-18(12)30-6-5-25-21(11)28/h1-4,7-10,26-27H,5-6H2,(H,25,28). The van der Waals surface area contributed by atoms with E-state index in [2.05, 4.69) is 10.0 Å². The lowest BCUT2D eigenvalue weighted by Crippen LogP contribution is -2.26. The molecule has 0 fully saturated rings. The van der Waals surface area contributed by atoms with Gasteiger partial charge in [0.25, 0.3) is 5.91 Å². The molecule has 1 aliphatic rings. The quantitative estimate of drug-likeness (QED) is 0.425. The summed E-state index contributed by atoms with van der Waals surface area (Å²) in [5.74, 6) is -2.21. The number of thioether (sulfide) groups is 1. The molecular weight excluding hydrogens is 466 g/mol. The molecule has 1 aliphatic heterocycles. The number of benzene rings is 3. The van der Waals surface area contributed by atoms with Gasteiger partial charge in [0.15, 0.2) is 16.7 Å². The maximum absolute atomic E-state index is 14.7. The van der Waals surface area contributed by atoms with Gasteiger partial charge in [-0.25, -0.2) is 13.0 Å². The van der Waals surface area contributed by atoms with Crippen molar-refractivity contribution in [1.29, 1.82) is 0 Å². The number of carbonyl (C=O) groups excluding carboxylic acids is 1. The number of phenols is 1. The molecule has 0 radical (unpaired) electrons. The summed E-state index contributed by atoms with van der Waals surface area (Å²) < 4.78 is 44.4. The van der Waals surface area contributed by atoms with E-state index >= 15 is 0 Å². The summed E-state index contributed by atoms with van der Waals surface area (Å²) in [5.41, 5.74) is 0.522. The number of hydrogen-bond donors (Lipinski definition) is 3. The monoisotopic (exact) mass is 480 g/mol. The highest BCUT2D eigenvalue weighted by molar-refractivity contribution is 7.99. The smallest absolute Gasteiger partial charge is 0.251 e. The Morgan fingerprint density at radius 2 is 1.84 bits per heavy atom. The molecule has 4 rings (SSSR count). The van der Waals surface area contributed by atoms with Crippen LogP contribution in [0.4, 0.5) is 14.5 Å².